The number of halogens is 1. The SMILES string of the molecule is CCN(CC)CCCCNC(=NC)N1CCN(Cc2ccc(Cl)cc2)C(=O)C1. The van der Waals surface area contributed by atoms with E-state index < -0.39 is 0 Å². The average Bonchev–Trinajstić information content (AvgIpc) is 2.71. The van der Waals surface area contributed by atoms with E-state index in [1.165, 1.54) is 6.42 Å². The maximum atomic E-state index is 12.6. The number of piperazine rings is 1. The largest absolute Gasteiger partial charge is 0.356 e. The van der Waals surface area contributed by atoms with Gasteiger partial charge in [0.2, 0.25) is 5.91 Å². The summed E-state index contributed by atoms with van der Waals surface area (Å²) in [5, 5.41) is 4.13. The van der Waals surface area contributed by atoms with Gasteiger partial charge in [0.15, 0.2) is 5.96 Å². The molecule has 0 aliphatic carbocycles. The van der Waals surface area contributed by atoms with E-state index in [1.807, 2.05) is 34.1 Å². The van der Waals surface area contributed by atoms with Crippen molar-refractivity contribution in [1.82, 2.24) is 20.0 Å². The van der Waals surface area contributed by atoms with Crippen LogP contribution in [-0.4, -0.2) is 79.4 Å². The van der Waals surface area contributed by atoms with E-state index in [-0.39, 0.29) is 5.91 Å². The van der Waals surface area contributed by atoms with Crippen molar-refractivity contribution in [2.45, 2.75) is 33.2 Å². The van der Waals surface area contributed by atoms with Crippen LogP contribution in [-0.2, 0) is 11.3 Å². The molecule has 1 aliphatic heterocycles. The molecule has 0 saturated carbocycles. The Bertz CT molecular complexity index is 630. The van der Waals surface area contributed by atoms with Crippen LogP contribution in [0.3, 0.4) is 0 Å². The highest BCUT2D eigenvalue weighted by atomic mass is 35.5. The van der Waals surface area contributed by atoms with Crippen molar-refractivity contribution >= 4 is 23.5 Å². The van der Waals surface area contributed by atoms with Gasteiger partial charge in [0.25, 0.3) is 0 Å². The van der Waals surface area contributed by atoms with Crippen molar-refractivity contribution in [3.05, 3.63) is 34.9 Å². The molecule has 0 unspecified atom stereocenters. The Morgan fingerprint density at radius 1 is 1.18 bits per heavy atom. The molecule has 6 nitrogen and oxygen atoms in total. The summed E-state index contributed by atoms with van der Waals surface area (Å²) in [5.41, 5.74) is 1.10. The van der Waals surface area contributed by atoms with Crippen LogP contribution in [0.1, 0.15) is 32.3 Å². The number of hydrogen-bond acceptors (Lipinski definition) is 3. The lowest BCUT2D eigenvalue weighted by Gasteiger charge is -2.36. The zero-order valence-corrected chi connectivity index (χ0v) is 18.2. The normalized spacial score (nSPS) is 15.5. The fraction of sp³-hybridized carbons (Fsp3) is 0.619. The second-order valence-electron chi connectivity index (χ2n) is 7.07. The number of nitrogens with zero attached hydrogens (tertiary/aromatic N) is 4. The quantitative estimate of drug-likeness (QED) is 0.388. The minimum Gasteiger partial charge on any atom is -0.356 e. The minimum absolute atomic E-state index is 0.130. The summed E-state index contributed by atoms with van der Waals surface area (Å²) < 4.78 is 0. The van der Waals surface area contributed by atoms with E-state index in [2.05, 4.69) is 29.1 Å². The zero-order valence-electron chi connectivity index (χ0n) is 17.5. The maximum Gasteiger partial charge on any atom is 0.242 e. The zero-order chi connectivity index (χ0) is 20.4. The number of benzene rings is 1. The Morgan fingerprint density at radius 3 is 2.50 bits per heavy atom. The summed E-state index contributed by atoms with van der Waals surface area (Å²) in [6, 6.07) is 7.68. The molecule has 0 aromatic heterocycles. The van der Waals surface area contributed by atoms with Crippen molar-refractivity contribution in [3.63, 3.8) is 0 Å². The van der Waals surface area contributed by atoms with E-state index in [9.17, 15) is 4.79 Å². The molecule has 0 atom stereocenters. The molecule has 1 N–H and O–H groups in total. The number of unbranched alkanes of at least 4 members (excludes halogenated alkanes) is 1. The molecule has 0 radical (unpaired) electrons. The number of carbonyl (C=O) groups is 1. The molecular formula is C21H34ClN5O. The molecule has 1 heterocycles. The Hall–Kier alpha value is -1.79. The first-order chi connectivity index (χ1) is 13.6. The molecule has 0 bridgehead atoms. The third-order valence-corrected chi connectivity index (χ3v) is 5.45. The summed E-state index contributed by atoms with van der Waals surface area (Å²) in [6.45, 7) is 11.1. The lowest BCUT2D eigenvalue weighted by Crippen LogP contribution is -2.55. The molecule has 1 aromatic rings. The maximum absolute atomic E-state index is 12.6. The van der Waals surface area contributed by atoms with Crippen molar-refractivity contribution in [2.75, 3.05) is 52.9 Å². The fourth-order valence-electron chi connectivity index (χ4n) is 3.40. The monoisotopic (exact) mass is 407 g/mol. The highest BCUT2D eigenvalue weighted by molar-refractivity contribution is 6.30. The summed E-state index contributed by atoms with van der Waals surface area (Å²) in [7, 11) is 1.78. The second-order valence-corrected chi connectivity index (χ2v) is 7.51. The predicted octanol–water partition coefficient (Wildman–Crippen LogP) is 2.68. The van der Waals surface area contributed by atoms with Gasteiger partial charge in [-0.1, -0.05) is 37.6 Å². The number of carbonyl (C=O) groups excluding carboxylic acids is 1. The number of guanidine groups is 1. The van der Waals surface area contributed by atoms with E-state index in [0.717, 1.165) is 50.7 Å². The van der Waals surface area contributed by atoms with Gasteiger partial charge in [-0.05, 0) is 50.2 Å². The number of aliphatic imine (C=N–C) groups is 1. The van der Waals surface area contributed by atoms with Crippen molar-refractivity contribution in [1.29, 1.82) is 0 Å². The van der Waals surface area contributed by atoms with Gasteiger partial charge < -0.3 is 20.0 Å². The number of amides is 1. The summed E-state index contributed by atoms with van der Waals surface area (Å²) in [6.07, 6.45) is 2.26. The molecule has 0 spiro atoms. The third-order valence-electron chi connectivity index (χ3n) is 5.20. The van der Waals surface area contributed by atoms with Crippen molar-refractivity contribution in [3.8, 4) is 0 Å². The Labute approximate surface area is 174 Å². The Balaban J connectivity index is 1.74. The van der Waals surface area contributed by atoms with Crippen LogP contribution >= 0.6 is 11.6 Å². The molecule has 1 amide bonds. The molecule has 1 aromatic carbocycles. The van der Waals surface area contributed by atoms with Crippen LogP contribution in [0.4, 0.5) is 0 Å². The van der Waals surface area contributed by atoms with Crippen LogP contribution in [0.2, 0.25) is 5.02 Å². The highest BCUT2D eigenvalue weighted by Gasteiger charge is 2.25. The molecule has 1 aliphatic rings. The number of nitrogens with one attached hydrogen (secondary N) is 1. The second kappa shape index (κ2) is 11.9. The van der Waals surface area contributed by atoms with Gasteiger partial charge in [0.05, 0.1) is 6.54 Å². The van der Waals surface area contributed by atoms with Gasteiger partial charge in [-0.2, -0.15) is 0 Å². The standard InChI is InChI=1S/C21H34ClN5O/c1-4-25(5-2)13-7-6-12-24-21(23-3)27-15-14-26(20(28)17-27)16-18-8-10-19(22)11-9-18/h8-11H,4-7,12-17H2,1-3H3,(H,23,24). The first-order valence-corrected chi connectivity index (χ1v) is 10.6. The number of rotatable bonds is 9. The van der Waals surface area contributed by atoms with E-state index >= 15 is 0 Å². The van der Waals surface area contributed by atoms with Gasteiger partial charge in [0, 0.05) is 38.2 Å². The molecule has 1 fully saturated rings. The van der Waals surface area contributed by atoms with Crippen molar-refractivity contribution < 1.29 is 4.79 Å². The van der Waals surface area contributed by atoms with Gasteiger partial charge in [-0.25, -0.2) is 0 Å². The van der Waals surface area contributed by atoms with Crippen LogP contribution in [0.15, 0.2) is 29.3 Å². The van der Waals surface area contributed by atoms with E-state index in [4.69, 9.17) is 11.6 Å². The molecule has 28 heavy (non-hydrogen) atoms. The Kier molecular flexibility index (Phi) is 9.58. The Morgan fingerprint density at radius 2 is 1.89 bits per heavy atom. The first-order valence-electron chi connectivity index (χ1n) is 10.3. The first kappa shape index (κ1) is 22.5. The van der Waals surface area contributed by atoms with Gasteiger partial charge >= 0.3 is 0 Å². The van der Waals surface area contributed by atoms with Gasteiger partial charge in [0.1, 0.15) is 0 Å². The molecule has 2 rings (SSSR count). The predicted molar refractivity (Wildman–Crippen MR) is 117 cm³/mol. The van der Waals surface area contributed by atoms with Crippen LogP contribution in [0, 0.1) is 0 Å². The topological polar surface area (TPSA) is 51.2 Å². The lowest BCUT2D eigenvalue weighted by molar-refractivity contribution is -0.135. The molecule has 7 heteroatoms. The van der Waals surface area contributed by atoms with Gasteiger partial charge in [-0.15, -0.1) is 0 Å². The van der Waals surface area contributed by atoms with Gasteiger partial charge in [-0.3, -0.25) is 9.79 Å². The fourth-order valence-corrected chi connectivity index (χ4v) is 3.53. The van der Waals surface area contributed by atoms with Crippen LogP contribution < -0.4 is 5.32 Å². The summed E-state index contributed by atoms with van der Waals surface area (Å²) in [5.74, 6) is 0.952. The number of hydrogen-bond donors (Lipinski definition) is 1. The van der Waals surface area contributed by atoms with E-state index in [1.54, 1.807) is 7.05 Å². The molecule has 1 saturated heterocycles. The molecular weight excluding hydrogens is 374 g/mol. The third kappa shape index (κ3) is 6.99. The minimum atomic E-state index is 0.130. The lowest BCUT2D eigenvalue weighted by atomic mass is 10.2. The average molecular weight is 408 g/mol. The van der Waals surface area contributed by atoms with Crippen LogP contribution in [0.25, 0.3) is 0 Å². The van der Waals surface area contributed by atoms with Crippen LogP contribution in [0.5, 0.6) is 0 Å². The summed E-state index contributed by atoms with van der Waals surface area (Å²) >= 11 is 5.93. The van der Waals surface area contributed by atoms with E-state index in [0.29, 0.717) is 24.7 Å². The molecule has 156 valence electrons. The smallest absolute Gasteiger partial charge is 0.242 e. The summed E-state index contributed by atoms with van der Waals surface area (Å²) in [4.78, 5) is 23.3. The highest BCUT2D eigenvalue weighted by Crippen LogP contribution is 2.13. The van der Waals surface area contributed by atoms with Crippen molar-refractivity contribution in [2.24, 2.45) is 4.99 Å².